The molecule has 2 aromatic rings. The SMILES string of the molecule is CCOc1ccccc1NC(C)c1cccc([N+](=O)[O-])c1. The first-order chi connectivity index (χ1) is 10.1. The van der Waals surface area contributed by atoms with E-state index < -0.39 is 0 Å². The standard InChI is InChI=1S/C16H18N2O3/c1-3-21-16-10-5-4-9-15(16)17-12(2)13-7-6-8-14(11-13)18(19)20/h4-12,17H,3H2,1-2H3. The zero-order valence-corrected chi connectivity index (χ0v) is 12.1. The number of nitrogens with one attached hydrogen (secondary N) is 1. The molecule has 0 heterocycles. The first kappa shape index (κ1) is 14.8. The van der Waals surface area contributed by atoms with Gasteiger partial charge in [0.25, 0.3) is 5.69 Å². The van der Waals surface area contributed by atoms with E-state index in [9.17, 15) is 10.1 Å². The van der Waals surface area contributed by atoms with Crippen LogP contribution in [0.25, 0.3) is 0 Å². The molecule has 0 fully saturated rings. The fraction of sp³-hybridized carbons (Fsp3) is 0.250. The molecule has 0 aliphatic rings. The third kappa shape index (κ3) is 3.72. The second-order valence-electron chi connectivity index (χ2n) is 4.65. The molecule has 0 amide bonds. The molecule has 1 N–H and O–H groups in total. The highest BCUT2D eigenvalue weighted by atomic mass is 16.6. The van der Waals surface area contributed by atoms with Crippen LogP contribution in [-0.4, -0.2) is 11.5 Å². The number of hydrogen-bond acceptors (Lipinski definition) is 4. The Bertz CT molecular complexity index is 628. The Labute approximate surface area is 123 Å². The zero-order valence-electron chi connectivity index (χ0n) is 12.1. The van der Waals surface area contributed by atoms with Crippen LogP contribution in [0.4, 0.5) is 11.4 Å². The minimum Gasteiger partial charge on any atom is -0.492 e. The van der Waals surface area contributed by atoms with Gasteiger partial charge in [0.15, 0.2) is 0 Å². The summed E-state index contributed by atoms with van der Waals surface area (Å²) in [5.74, 6) is 0.775. The fourth-order valence-electron chi connectivity index (χ4n) is 2.09. The van der Waals surface area contributed by atoms with Crippen LogP contribution in [0.3, 0.4) is 0 Å². The summed E-state index contributed by atoms with van der Waals surface area (Å²) in [6, 6.07) is 14.2. The summed E-state index contributed by atoms with van der Waals surface area (Å²) >= 11 is 0. The molecule has 0 saturated heterocycles. The second-order valence-corrected chi connectivity index (χ2v) is 4.65. The van der Waals surface area contributed by atoms with Crippen LogP contribution in [0.1, 0.15) is 25.5 Å². The quantitative estimate of drug-likeness (QED) is 0.639. The Morgan fingerprint density at radius 1 is 1.24 bits per heavy atom. The van der Waals surface area contributed by atoms with Crippen LogP contribution in [0.15, 0.2) is 48.5 Å². The van der Waals surface area contributed by atoms with Crippen LogP contribution in [0.2, 0.25) is 0 Å². The smallest absolute Gasteiger partial charge is 0.269 e. The summed E-state index contributed by atoms with van der Waals surface area (Å²) in [6.07, 6.45) is 0. The molecule has 1 atom stereocenters. The summed E-state index contributed by atoms with van der Waals surface area (Å²) in [7, 11) is 0. The highest BCUT2D eigenvalue weighted by Crippen LogP contribution is 2.29. The molecule has 2 aromatic carbocycles. The van der Waals surface area contributed by atoms with Gasteiger partial charge >= 0.3 is 0 Å². The molecule has 110 valence electrons. The molecular weight excluding hydrogens is 268 g/mol. The monoisotopic (exact) mass is 286 g/mol. The van der Waals surface area contributed by atoms with Crippen LogP contribution in [0, 0.1) is 10.1 Å². The van der Waals surface area contributed by atoms with Crippen molar-refractivity contribution in [3.05, 3.63) is 64.2 Å². The average Bonchev–Trinajstić information content (AvgIpc) is 2.49. The van der Waals surface area contributed by atoms with Gasteiger partial charge in [-0.3, -0.25) is 10.1 Å². The Kier molecular flexibility index (Phi) is 4.77. The van der Waals surface area contributed by atoms with Crippen molar-refractivity contribution in [2.24, 2.45) is 0 Å². The highest BCUT2D eigenvalue weighted by Gasteiger charge is 2.12. The molecule has 0 aromatic heterocycles. The predicted molar refractivity (Wildman–Crippen MR) is 82.7 cm³/mol. The molecule has 21 heavy (non-hydrogen) atoms. The molecule has 1 unspecified atom stereocenters. The summed E-state index contributed by atoms with van der Waals surface area (Å²) in [6.45, 7) is 4.48. The number of non-ortho nitro benzene ring substituents is 1. The third-order valence-electron chi connectivity index (χ3n) is 3.14. The Balaban J connectivity index is 2.20. The molecule has 0 radical (unpaired) electrons. The van der Waals surface area contributed by atoms with Gasteiger partial charge in [0.1, 0.15) is 5.75 Å². The minimum absolute atomic E-state index is 0.0634. The number of nitro benzene ring substituents is 1. The lowest BCUT2D eigenvalue weighted by molar-refractivity contribution is -0.384. The molecule has 0 saturated carbocycles. The van der Waals surface area contributed by atoms with Gasteiger partial charge < -0.3 is 10.1 Å². The molecule has 0 aliphatic heterocycles. The topological polar surface area (TPSA) is 64.4 Å². The summed E-state index contributed by atoms with van der Waals surface area (Å²) in [5, 5.41) is 14.2. The Hall–Kier alpha value is -2.56. The molecule has 0 spiro atoms. The number of anilines is 1. The highest BCUT2D eigenvalue weighted by molar-refractivity contribution is 5.57. The van der Waals surface area contributed by atoms with Crippen molar-refractivity contribution in [1.29, 1.82) is 0 Å². The Morgan fingerprint density at radius 2 is 2.00 bits per heavy atom. The van der Waals surface area contributed by atoms with Crippen molar-refractivity contribution in [3.63, 3.8) is 0 Å². The maximum Gasteiger partial charge on any atom is 0.269 e. The molecular formula is C16H18N2O3. The summed E-state index contributed by atoms with van der Waals surface area (Å²) in [4.78, 5) is 10.5. The van der Waals surface area contributed by atoms with Crippen LogP contribution in [-0.2, 0) is 0 Å². The van der Waals surface area contributed by atoms with Crippen molar-refractivity contribution in [2.45, 2.75) is 19.9 Å². The lowest BCUT2D eigenvalue weighted by Crippen LogP contribution is -2.08. The number of para-hydroxylation sites is 2. The first-order valence-electron chi connectivity index (χ1n) is 6.84. The van der Waals surface area contributed by atoms with E-state index >= 15 is 0 Å². The fourth-order valence-corrected chi connectivity index (χ4v) is 2.09. The maximum absolute atomic E-state index is 10.8. The van der Waals surface area contributed by atoms with Gasteiger partial charge in [0.05, 0.1) is 17.2 Å². The molecule has 0 bridgehead atoms. The maximum atomic E-state index is 10.8. The van der Waals surface area contributed by atoms with Gasteiger partial charge in [-0.25, -0.2) is 0 Å². The van der Waals surface area contributed by atoms with Crippen molar-refractivity contribution in [1.82, 2.24) is 0 Å². The van der Waals surface area contributed by atoms with Gasteiger partial charge in [-0.05, 0) is 31.5 Å². The zero-order chi connectivity index (χ0) is 15.2. The van der Waals surface area contributed by atoms with E-state index in [0.717, 1.165) is 17.0 Å². The second kappa shape index (κ2) is 6.74. The lowest BCUT2D eigenvalue weighted by Gasteiger charge is -2.18. The first-order valence-corrected chi connectivity index (χ1v) is 6.84. The summed E-state index contributed by atoms with van der Waals surface area (Å²) in [5.41, 5.74) is 1.83. The van der Waals surface area contributed by atoms with Gasteiger partial charge in [0, 0.05) is 18.2 Å². The number of nitro groups is 1. The van der Waals surface area contributed by atoms with E-state index in [0.29, 0.717) is 6.61 Å². The number of hydrogen-bond donors (Lipinski definition) is 1. The summed E-state index contributed by atoms with van der Waals surface area (Å²) < 4.78 is 5.56. The van der Waals surface area contributed by atoms with E-state index in [1.807, 2.05) is 44.2 Å². The number of nitrogens with zero attached hydrogens (tertiary/aromatic N) is 1. The van der Waals surface area contributed by atoms with Crippen LogP contribution < -0.4 is 10.1 Å². The van der Waals surface area contributed by atoms with Crippen LogP contribution in [0.5, 0.6) is 5.75 Å². The van der Waals surface area contributed by atoms with Crippen LogP contribution >= 0.6 is 0 Å². The predicted octanol–water partition coefficient (Wildman–Crippen LogP) is 4.17. The lowest BCUT2D eigenvalue weighted by atomic mass is 10.1. The van der Waals surface area contributed by atoms with Gasteiger partial charge in [-0.15, -0.1) is 0 Å². The molecule has 0 aliphatic carbocycles. The number of benzene rings is 2. The van der Waals surface area contributed by atoms with E-state index in [-0.39, 0.29) is 16.7 Å². The van der Waals surface area contributed by atoms with Crippen molar-refractivity contribution in [3.8, 4) is 5.75 Å². The van der Waals surface area contributed by atoms with Gasteiger partial charge in [0.2, 0.25) is 0 Å². The van der Waals surface area contributed by atoms with Gasteiger partial charge in [-0.2, -0.15) is 0 Å². The van der Waals surface area contributed by atoms with Crippen molar-refractivity contribution in [2.75, 3.05) is 11.9 Å². The number of ether oxygens (including phenoxy) is 1. The van der Waals surface area contributed by atoms with Gasteiger partial charge in [-0.1, -0.05) is 24.3 Å². The normalized spacial score (nSPS) is 11.7. The Morgan fingerprint density at radius 3 is 2.71 bits per heavy atom. The average molecular weight is 286 g/mol. The van der Waals surface area contributed by atoms with Crippen molar-refractivity contribution >= 4 is 11.4 Å². The molecule has 5 heteroatoms. The van der Waals surface area contributed by atoms with E-state index in [4.69, 9.17) is 4.74 Å². The molecule has 5 nitrogen and oxygen atoms in total. The van der Waals surface area contributed by atoms with Crippen molar-refractivity contribution < 1.29 is 9.66 Å². The number of rotatable bonds is 6. The van der Waals surface area contributed by atoms with E-state index in [1.165, 1.54) is 6.07 Å². The minimum atomic E-state index is -0.385. The van der Waals surface area contributed by atoms with E-state index in [2.05, 4.69) is 5.32 Å². The largest absolute Gasteiger partial charge is 0.492 e. The van der Waals surface area contributed by atoms with E-state index in [1.54, 1.807) is 12.1 Å². The molecule has 2 rings (SSSR count). The third-order valence-corrected chi connectivity index (χ3v) is 3.14.